The maximum Gasteiger partial charge on any atom is 0.253 e. The molecule has 1 aliphatic carbocycles. The molecule has 0 aromatic heterocycles. The second-order valence-corrected chi connectivity index (χ2v) is 19.7. The van der Waals surface area contributed by atoms with E-state index in [2.05, 4.69) is 20.9 Å². The highest BCUT2D eigenvalue weighted by Crippen LogP contribution is 2.41. The number of imide groups is 1. The average molecular weight is 940 g/mol. The van der Waals surface area contributed by atoms with Crippen molar-refractivity contribution in [3.05, 3.63) is 77.9 Å². The van der Waals surface area contributed by atoms with Crippen LogP contribution in [-0.2, 0) is 56.0 Å². The van der Waals surface area contributed by atoms with Crippen LogP contribution in [0.4, 0.5) is 5.69 Å². The zero-order chi connectivity index (χ0) is 49.4. The van der Waals surface area contributed by atoms with Crippen molar-refractivity contribution in [3.63, 3.8) is 0 Å². The first kappa shape index (κ1) is 51.9. The number of carbonyl (C=O) groups excluding carboxylic acids is 7. The number of ether oxygens (including phenoxy) is 2. The van der Waals surface area contributed by atoms with Crippen molar-refractivity contribution in [2.75, 3.05) is 40.2 Å². The molecular formula is C52H73N7O9. The molecule has 0 radical (unpaired) electrons. The van der Waals surface area contributed by atoms with Gasteiger partial charge in [-0.15, -0.1) is 0 Å². The van der Waals surface area contributed by atoms with Gasteiger partial charge in [-0.05, 0) is 80.2 Å². The fraction of sp³-hybridized carbons (Fsp3) is 0.596. The molecule has 2 aromatic carbocycles. The van der Waals surface area contributed by atoms with E-state index in [1.54, 1.807) is 55.1 Å². The van der Waals surface area contributed by atoms with Crippen LogP contribution in [0.1, 0.15) is 90.7 Å². The average Bonchev–Trinajstić information content (AvgIpc) is 4.14. The lowest BCUT2D eigenvalue weighted by atomic mass is 9.89. The van der Waals surface area contributed by atoms with Crippen LogP contribution in [0.3, 0.4) is 0 Å². The first-order chi connectivity index (χ1) is 32.5. The number of nitrogens with zero attached hydrogens (tertiary/aromatic N) is 4. The summed E-state index contributed by atoms with van der Waals surface area (Å²) in [6.07, 6.45) is 6.41. The monoisotopic (exact) mass is 940 g/mol. The van der Waals surface area contributed by atoms with Crippen LogP contribution in [0.5, 0.6) is 0 Å². The summed E-state index contributed by atoms with van der Waals surface area (Å²) in [5, 5.41) is 9.02. The van der Waals surface area contributed by atoms with E-state index in [4.69, 9.17) is 9.47 Å². The lowest BCUT2D eigenvalue weighted by Crippen LogP contribution is -2.60. The number of amides is 7. The Labute approximate surface area is 401 Å². The molecule has 0 spiro atoms. The zero-order valence-corrected chi connectivity index (χ0v) is 41.3. The third kappa shape index (κ3) is 11.9. The molecule has 7 amide bonds. The molecule has 11 atom stereocenters. The Bertz CT molecular complexity index is 2130. The van der Waals surface area contributed by atoms with Gasteiger partial charge in [0, 0.05) is 58.1 Å². The first-order valence-corrected chi connectivity index (χ1v) is 24.4. The van der Waals surface area contributed by atoms with Crippen molar-refractivity contribution in [1.82, 2.24) is 30.2 Å². The predicted molar refractivity (Wildman–Crippen MR) is 257 cm³/mol. The van der Waals surface area contributed by atoms with Crippen molar-refractivity contribution in [3.8, 4) is 0 Å². The third-order valence-corrected chi connectivity index (χ3v) is 15.0. The SMILES string of the molecule is CC[C@H](C)[C@@H]([C@@H](CC(=O)N1CCCC1[C@H](OC)[C@@H](C)C(=O)NC(Cc1ccccc1)C(=O)Nc1ccc(CN2C(=O)C=CC2=O)cc1)OC)N(C)C(=O)C(NC(=O)[C@@H]1[C@H]2CC[C@H](C2)N1C)C(C)C. The number of rotatable bonds is 22. The maximum atomic E-state index is 14.5. The normalized spacial score (nSPS) is 23.3. The summed E-state index contributed by atoms with van der Waals surface area (Å²) in [7, 11) is 6.82. The molecule has 6 rings (SSSR count). The van der Waals surface area contributed by atoms with Crippen molar-refractivity contribution in [2.45, 2.75) is 141 Å². The van der Waals surface area contributed by atoms with Crippen molar-refractivity contribution < 1.29 is 43.0 Å². The highest BCUT2D eigenvalue weighted by atomic mass is 16.5. The molecule has 4 aliphatic rings. The van der Waals surface area contributed by atoms with Gasteiger partial charge in [-0.1, -0.05) is 83.5 Å². The van der Waals surface area contributed by atoms with Gasteiger partial charge in [-0.3, -0.25) is 43.4 Å². The van der Waals surface area contributed by atoms with Crippen molar-refractivity contribution in [1.29, 1.82) is 0 Å². The van der Waals surface area contributed by atoms with E-state index >= 15 is 0 Å². The molecule has 3 heterocycles. The molecular weight excluding hydrogens is 867 g/mol. The van der Waals surface area contributed by atoms with E-state index in [1.165, 1.54) is 19.3 Å². The number of piperidine rings is 1. The van der Waals surface area contributed by atoms with E-state index in [9.17, 15) is 33.6 Å². The number of likely N-dealkylation sites (N-methyl/N-ethyl adjacent to an activating group) is 2. The van der Waals surface area contributed by atoms with Gasteiger partial charge in [0.2, 0.25) is 29.5 Å². The summed E-state index contributed by atoms with van der Waals surface area (Å²) in [4.78, 5) is 102. The van der Waals surface area contributed by atoms with Gasteiger partial charge in [-0.25, -0.2) is 0 Å². The molecule has 2 bridgehead atoms. The van der Waals surface area contributed by atoms with E-state index in [1.807, 2.05) is 65.1 Å². The van der Waals surface area contributed by atoms with Gasteiger partial charge < -0.3 is 35.2 Å². The summed E-state index contributed by atoms with van der Waals surface area (Å²) >= 11 is 0. The van der Waals surface area contributed by atoms with Crippen molar-refractivity contribution in [2.24, 2.45) is 23.7 Å². The lowest BCUT2D eigenvalue weighted by Gasteiger charge is -2.41. The predicted octanol–water partition coefficient (Wildman–Crippen LogP) is 4.32. The Kier molecular flexibility index (Phi) is 17.7. The van der Waals surface area contributed by atoms with Gasteiger partial charge >= 0.3 is 0 Å². The minimum absolute atomic E-state index is 0.0166. The van der Waals surface area contributed by atoms with E-state index < -0.39 is 54.1 Å². The molecule has 2 saturated heterocycles. The first-order valence-electron chi connectivity index (χ1n) is 24.4. The fourth-order valence-electron chi connectivity index (χ4n) is 10.9. The smallest absolute Gasteiger partial charge is 0.253 e. The standard InChI is InChI=1S/C52H73N7O9/c1-10-32(4)46(57(7)52(66)45(31(2)3)55-51(65)47-36-20-23-38(28-36)56(47)6)41(67-8)29-44(62)58-26-14-17-40(58)48(68-9)33(5)49(63)54-39(27-34-15-12-11-13-16-34)50(64)53-37-21-18-35(19-22-37)30-59-42(60)24-25-43(59)61/h11-13,15-16,18-19,21-22,24-25,31-33,36,38-41,45-48H,10,14,17,20,23,26-30H2,1-9H3,(H,53,64)(H,54,63)(H,55,65)/t32-,33+,36-,38+,39?,40?,41+,45?,46-,47-,48+/m0/s1. The topological polar surface area (TPSA) is 187 Å². The Hall–Kier alpha value is -5.45. The molecule has 3 N–H and O–H groups in total. The van der Waals surface area contributed by atoms with E-state index in [0.29, 0.717) is 49.0 Å². The molecule has 3 unspecified atom stereocenters. The molecule has 1 saturated carbocycles. The number of benzene rings is 2. The van der Waals surface area contributed by atoms with Crippen LogP contribution in [0.25, 0.3) is 0 Å². The Morgan fingerprint density at radius 1 is 0.838 bits per heavy atom. The fourth-order valence-corrected chi connectivity index (χ4v) is 10.9. The maximum absolute atomic E-state index is 14.5. The lowest BCUT2D eigenvalue weighted by molar-refractivity contribution is -0.148. The largest absolute Gasteiger partial charge is 0.379 e. The minimum Gasteiger partial charge on any atom is -0.379 e. The van der Waals surface area contributed by atoms with Gasteiger partial charge in [-0.2, -0.15) is 0 Å². The molecule has 370 valence electrons. The molecule has 68 heavy (non-hydrogen) atoms. The third-order valence-electron chi connectivity index (χ3n) is 15.0. The number of hydrogen-bond acceptors (Lipinski definition) is 10. The van der Waals surface area contributed by atoms with Crippen LogP contribution < -0.4 is 16.0 Å². The second-order valence-electron chi connectivity index (χ2n) is 19.7. The number of hydrogen-bond donors (Lipinski definition) is 3. The molecule has 16 nitrogen and oxygen atoms in total. The van der Waals surface area contributed by atoms with Crippen LogP contribution in [0.15, 0.2) is 66.7 Å². The quantitative estimate of drug-likeness (QED) is 0.144. The molecule has 16 heteroatoms. The van der Waals surface area contributed by atoms with Crippen LogP contribution in [0, 0.1) is 23.7 Å². The molecule has 3 aliphatic heterocycles. The van der Waals surface area contributed by atoms with Crippen LogP contribution in [0.2, 0.25) is 0 Å². The van der Waals surface area contributed by atoms with Gasteiger partial charge in [0.15, 0.2) is 0 Å². The number of fused-ring (bicyclic) bond motifs is 2. The number of carbonyl (C=O) groups is 7. The highest BCUT2D eigenvalue weighted by molar-refractivity contribution is 6.12. The van der Waals surface area contributed by atoms with Gasteiger partial charge in [0.05, 0.1) is 49.2 Å². The second kappa shape index (κ2) is 23.2. The zero-order valence-electron chi connectivity index (χ0n) is 41.3. The summed E-state index contributed by atoms with van der Waals surface area (Å²) in [5.74, 6) is -2.85. The Balaban J connectivity index is 1.11. The number of likely N-dealkylation sites (tertiary alicyclic amines) is 2. The summed E-state index contributed by atoms with van der Waals surface area (Å²) in [6.45, 7) is 10.2. The number of methoxy groups -OCH3 is 2. The van der Waals surface area contributed by atoms with E-state index in [-0.39, 0.29) is 66.8 Å². The van der Waals surface area contributed by atoms with Crippen LogP contribution in [-0.4, -0.2) is 144 Å². The number of nitrogens with one attached hydrogen (secondary N) is 3. The molecule has 3 fully saturated rings. The Morgan fingerprint density at radius 3 is 2.10 bits per heavy atom. The summed E-state index contributed by atoms with van der Waals surface area (Å²) in [5.41, 5.74) is 2.01. The van der Waals surface area contributed by atoms with Gasteiger partial charge in [0.1, 0.15) is 12.1 Å². The number of anilines is 1. The van der Waals surface area contributed by atoms with Crippen LogP contribution >= 0.6 is 0 Å². The van der Waals surface area contributed by atoms with Gasteiger partial charge in [0.25, 0.3) is 11.8 Å². The summed E-state index contributed by atoms with van der Waals surface area (Å²) < 4.78 is 12.1. The van der Waals surface area contributed by atoms with Crippen molar-refractivity contribution >= 4 is 47.0 Å². The summed E-state index contributed by atoms with van der Waals surface area (Å²) in [6, 6.07) is 13.7. The van der Waals surface area contributed by atoms with E-state index in [0.717, 1.165) is 29.7 Å². The highest BCUT2D eigenvalue weighted by Gasteiger charge is 2.49. The minimum atomic E-state index is -0.973. The molecule has 2 aromatic rings. The Morgan fingerprint density at radius 2 is 1.51 bits per heavy atom.